The lowest BCUT2D eigenvalue weighted by Gasteiger charge is -2.28. The first-order valence-corrected chi connectivity index (χ1v) is 11.3. The zero-order chi connectivity index (χ0) is 22.4. The molecule has 0 spiro atoms. The molecule has 3 rings (SSSR count). The van der Waals surface area contributed by atoms with Crippen LogP contribution in [0.3, 0.4) is 0 Å². The Bertz CT molecular complexity index is 1110. The van der Waals surface area contributed by atoms with E-state index in [1.807, 2.05) is 31.2 Å². The Kier molecular flexibility index (Phi) is 7.09. The molecule has 0 saturated carbocycles. The largest absolute Gasteiger partial charge is 0.497 e. The summed E-state index contributed by atoms with van der Waals surface area (Å²) in [5.74, 6) is 0.375. The molecule has 0 aromatic heterocycles. The van der Waals surface area contributed by atoms with Crippen LogP contribution >= 0.6 is 0 Å². The molecule has 0 radical (unpaired) electrons. The second-order valence-corrected chi connectivity index (χ2v) is 9.24. The van der Waals surface area contributed by atoms with Gasteiger partial charge in [-0.25, -0.2) is 8.42 Å². The second kappa shape index (κ2) is 9.76. The van der Waals surface area contributed by atoms with Crippen molar-refractivity contribution in [2.45, 2.75) is 24.3 Å². The third kappa shape index (κ3) is 5.51. The maximum Gasteiger partial charge on any atom is 0.243 e. The van der Waals surface area contributed by atoms with Crippen LogP contribution in [-0.4, -0.2) is 32.8 Å². The average Bonchev–Trinajstić information content (AvgIpc) is 2.79. The maximum atomic E-state index is 13.2. The molecule has 0 fully saturated rings. The van der Waals surface area contributed by atoms with Gasteiger partial charge in [-0.15, -0.1) is 0 Å². The first kappa shape index (κ1) is 22.5. The standard InChI is InChI=1S/C24H26N2O4S/c1-18-9-13-20(14-10-18)25-24(27)17-23(19-11-15-21(30-3)16-12-19)26(2)31(28,29)22-7-5-4-6-8-22/h4-16,23H,17H2,1-3H3,(H,25,27)/t23-/m0/s1. The predicted molar refractivity (Wildman–Crippen MR) is 122 cm³/mol. The van der Waals surface area contributed by atoms with Crippen LogP contribution in [0.1, 0.15) is 23.6 Å². The fraction of sp³-hybridized carbons (Fsp3) is 0.208. The van der Waals surface area contributed by atoms with Crippen LogP contribution in [-0.2, 0) is 14.8 Å². The Morgan fingerprint density at radius 3 is 2.16 bits per heavy atom. The Labute approximate surface area is 183 Å². The quantitative estimate of drug-likeness (QED) is 0.566. The van der Waals surface area contributed by atoms with Gasteiger partial charge in [0.1, 0.15) is 5.75 Å². The lowest BCUT2D eigenvalue weighted by molar-refractivity contribution is -0.117. The van der Waals surface area contributed by atoms with Gasteiger partial charge in [-0.05, 0) is 48.9 Å². The van der Waals surface area contributed by atoms with Gasteiger partial charge in [0, 0.05) is 19.2 Å². The third-order valence-corrected chi connectivity index (χ3v) is 6.95. The topological polar surface area (TPSA) is 75.7 Å². The van der Waals surface area contributed by atoms with Gasteiger partial charge >= 0.3 is 0 Å². The zero-order valence-electron chi connectivity index (χ0n) is 17.8. The van der Waals surface area contributed by atoms with Gasteiger partial charge in [0.25, 0.3) is 0 Å². The summed E-state index contributed by atoms with van der Waals surface area (Å²) in [5, 5.41) is 2.85. The van der Waals surface area contributed by atoms with E-state index in [1.165, 1.54) is 11.4 Å². The van der Waals surface area contributed by atoms with E-state index >= 15 is 0 Å². The number of nitrogens with zero attached hydrogens (tertiary/aromatic N) is 1. The third-order valence-electron chi connectivity index (χ3n) is 5.07. The number of benzene rings is 3. The molecule has 0 unspecified atom stereocenters. The highest BCUT2D eigenvalue weighted by Crippen LogP contribution is 2.30. The molecule has 6 nitrogen and oxygen atoms in total. The fourth-order valence-corrected chi connectivity index (χ4v) is 4.60. The van der Waals surface area contributed by atoms with E-state index in [0.717, 1.165) is 5.56 Å². The summed E-state index contributed by atoms with van der Waals surface area (Å²) in [4.78, 5) is 13.0. The number of sulfonamides is 1. The summed E-state index contributed by atoms with van der Waals surface area (Å²) in [6.07, 6.45) is -0.0389. The highest BCUT2D eigenvalue weighted by molar-refractivity contribution is 7.89. The lowest BCUT2D eigenvalue weighted by Crippen LogP contribution is -2.33. The summed E-state index contributed by atoms with van der Waals surface area (Å²) in [5.41, 5.74) is 2.45. The number of hydrogen-bond acceptors (Lipinski definition) is 4. The summed E-state index contributed by atoms with van der Waals surface area (Å²) in [7, 11) is -0.745. The van der Waals surface area contributed by atoms with Crippen molar-refractivity contribution in [3.05, 3.63) is 90.0 Å². The van der Waals surface area contributed by atoms with Crippen LogP contribution in [0.2, 0.25) is 0 Å². The van der Waals surface area contributed by atoms with Gasteiger partial charge < -0.3 is 10.1 Å². The number of ether oxygens (including phenoxy) is 1. The number of methoxy groups -OCH3 is 1. The minimum atomic E-state index is -3.80. The van der Waals surface area contributed by atoms with Gasteiger partial charge in [-0.2, -0.15) is 4.31 Å². The van der Waals surface area contributed by atoms with Gasteiger partial charge in [-0.3, -0.25) is 4.79 Å². The number of hydrogen-bond donors (Lipinski definition) is 1. The molecular formula is C24H26N2O4S. The molecule has 1 atom stereocenters. The Hall–Kier alpha value is -3.16. The maximum absolute atomic E-state index is 13.2. The molecule has 0 aliphatic carbocycles. The van der Waals surface area contributed by atoms with E-state index in [4.69, 9.17) is 4.74 Å². The van der Waals surface area contributed by atoms with E-state index in [0.29, 0.717) is 17.0 Å². The summed E-state index contributed by atoms with van der Waals surface area (Å²) in [6.45, 7) is 1.97. The summed E-state index contributed by atoms with van der Waals surface area (Å²) >= 11 is 0. The molecule has 1 amide bonds. The monoisotopic (exact) mass is 438 g/mol. The minimum absolute atomic E-state index is 0.0389. The lowest BCUT2D eigenvalue weighted by atomic mass is 10.0. The zero-order valence-corrected chi connectivity index (χ0v) is 18.6. The Balaban J connectivity index is 1.90. The van der Waals surface area contributed by atoms with E-state index in [2.05, 4.69) is 5.32 Å². The number of amides is 1. The number of anilines is 1. The SMILES string of the molecule is COc1ccc([C@H](CC(=O)Nc2ccc(C)cc2)N(C)S(=O)(=O)c2ccccc2)cc1. The van der Waals surface area contributed by atoms with E-state index < -0.39 is 16.1 Å². The predicted octanol–water partition coefficient (Wildman–Crippen LogP) is 4.39. The van der Waals surface area contributed by atoms with Crippen molar-refractivity contribution < 1.29 is 17.9 Å². The molecular weight excluding hydrogens is 412 g/mol. The van der Waals surface area contributed by atoms with Crippen LogP contribution in [0.15, 0.2) is 83.8 Å². The van der Waals surface area contributed by atoms with Crippen molar-refractivity contribution in [1.29, 1.82) is 0 Å². The Morgan fingerprint density at radius 1 is 0.968 bits per heavy atom. The van der Waals surface area contributed by atoms with Gasteiger partial charge in [0.05, 0.1) is 18.0 Å². The highest BCUT2D eigenvalue weighted by Gasteiger charge is 2.30. The molecule has 0 bridgehead atoms. The van der Waals surface area contributed by atoms with Crippen LogP contribution < -0.4 is 10.1 Å². The number of carbonyl (C=O) groups excluding carboxylic acids is 1. The Morgan fingerprint density at radius 2 is 1.58 bits per heavy atom. The second-order valence-electron chi connectivity index (χ2n) is 7.24. The molecule has 0 heterocycles. The average molecular weight is 439 g/mol. The molecule has 7 heteroatoms. The summed E-state index contributed by atoms with van der Waals surface area (Å²) in [6, 6.07) is 22.0. The van der Waals surface area contributed by atoms with Crippen molar-refractivity contribution >= 4 is 21.6 Å². The van der Waals surface area contributed by atoms with E-state index in [9.17, 15) is 13.2 Å². The van der Waals surface area contributed by atoms with Crippen molar-refractivity contribution in [3.63, 3.8) is 0 Å². The van der Waals surface area contributed by atoms with Crippen molar-refractivity contribution in [3.8, 4) is 5.75 Å². The van der Waals surface area contributed by atoms with Crippen molar-refractivity contribution in [1.82, 2.24) is 4.31 Å². The van der Waals surface area contributed by atoms with Gasteiger partial charge in [-0.1, -0.05) is 48.0 Å². The molecule has 1 N–H and O–H groups in total. The molecule has 0 aliphatic rings. The molecule has 0 aliphatic heterocycles. The number of nitrogens with one attached hydrogen (secondary N) is 1. The van der Waals surface area contributed by atoms with E-state index in [-0.39, 0.29) is 17.2 Å². The van der Waals surface area contributed by atoms with Crippen LogP contribution in [0.25, 0.3) is 0 Å². The van der Waals surface area contributed by atoms with Crippen LogP contribution in [0.5, 0.6) is 5.75 Å². The molecule has 3 aromatic rings. The number of aryl methyl sites for hydroxylation is 1. The molecule has 162 valence electrons. The van der Waals surface area contributed by atoms with Crippen molar-refractivity contribution in [2.75, 3.05) is 19.5 Å². The highest BCUT2D eigenvalue weighted by atomic mass is 32.2. The fourth-order valence-electron chi connectivity index (χ4n) is 3.23. The van der Waals surface area contributed by atoms with Gasteiger partial charge in [0.15, 0.2) is 0 Å². The number of carbonyl (C=O) groups is 1. The smallest absolute Gasteiger partial charge is 0.243 e. The molecule has 31 heavy (non-hydrogen) atoms. The molecule has 0 saturated heterocycles. The van der Waals surface area contributed by atoms with Crippen molar-refractivity contribution in [2.24, 2.45) is 0 Å². The summed E-state index contributed by atoms with van der Waals surface area (Å²) < 4.78 is 32.9. The normalized spacial score (nSPS) is 12.4. The first-order chi connectivity index (χ1) is 14.8. The van der Waals surface area contributed by atoms with Gasteiger partial charge in [0.2, 0.25) is 15.9 Å². The first-order valence-electron chi connectivity index (χ1n) is 9.85. The van der Waals surface area contributed by atoms with Crippen LogP contribution in [0.4, 0.5) is 5.69 Å². The minimum Gasteiger partial charge on any atom is -0.497 e. The van der Waals surface area contributed by atoms with Crippen LogP contribution in [0, 0.1) is 6.92 Å². The molecule has 3 aromatic carbocycles. The number of rotatable bonds is 8. The van der Waals surface area contributed by atoms with E-state index in [1.54, 1.807) is 61.7 Å².